The average Bonchev–Trinajstić information content (AvgIpc) is 3.00. The summed E-state index contributed by atoms with van der Waals surface area (Å²) in [5, 5.41) is 4.93. The Morgan fingerprint density at radius 2 is 1.75 bits per heavy atom. The highest BCUT2D eigenvalue weighted by molar-refractivity contribution is 7.89. The molecule has 28 heavy (non-hydrogen) atoms. The van der Waals surface area contributed by atoms with Crippen molar-refractivity contribution in [2.75, 3.05) is 26.2 Å². The molecule has 2 heterocycles. The van der Waals surface area contributed by atoms with Crippen LogP contribution >= 0.6 is 11.6 Å². The molecule has 0 unspecified atom stereocenters. The molecule has 1 fully saturated rings. The molecule has 2 aromatic rings. The predicted molar refractivity (Wildman–Crippen MR) is 108 cm³/mol. The molecule has 0 radical (unpaired) electrons. The highest BCUT2D eigenvalue weighted by Crippen LogP contribution is 2.21. The minimum absolute atomic E-state index is 0.0172. The first kappa shape index (κ1) is 20.8. The molecule has 0 aliphatic carbocycles. The Kier molecular flexibility index (Phi) is 6.12. The lowest BCUT2D eigenvalue weighted by molar-refractivity contribution is -0.133. The number of rotatable bonds is 5. The summed E-state index contributed by atoms with van der Waals surface area (Å²) in [6, 6.07) is 8.08. The first-order valence-electron chi connectivity index (χ1n) is 9.24. The van der Waals surface area contributed by atoms with Crippen LogP contribution in [0.3, 0.4) is 0 Å². The monoisotopic (exact) mass is 424 g/mol. The summed E-state index contributed by atoms with van der Waals surface area (Å²) in [5.41, 5.74) is 1.95. The molecule has 1 atom stereocenters. The van der Waals surface area contributed by atoms with Crippen LogP contribution in [0.1, 0.15) is 30.8 Å². The number of benzene rings is 1. The van der Waals surface area contributed by atoms with Crippen molar-refractivity contribution in [1.29, 1.82) is 0 Å². The second-order valence-corrected chi connectivity index (χ2v) is 9.54. The van der Waals surface area contributed by atoms with Gasteiger partial charge in [0.2, 0.25) is 15.9 Å². The summed E-state index contributed by atoms with van der Waals surface area (Å²) >= 11 is 5.84. The lowest BCUT2D eigenvalue weighted by Crippen LogP contribution is -2.50. The molecule has 1 amide bonds. The molecule has 1 saturated heterocycles. The molecule has 3 rings (SSSR count). The molecule has 0 N–H and O–H groups in total. The van der Waals surface area contributed by atoms with Gasteiger partial charge in [-0.1, -0.05) is 11.6 Å². The Morgan fingerprint density at radius 1 is 1.14 bits per heavy atom. The molecular formula is C19H25ClN4O3S. The van der Waals surface area contributed by atoms with E-state index in [0.717, 1.165) is 11.4 Å². The van der Waals surface area contributed by atoms with Gasteiger partial charge in [0.25, 0.3) is 0 Å². The quantitative estimate of drug-likeness (QED) is 0.739. The summed E-state index contributed by atoms with van der Waals surface area (Å²) in [7, 11) is -3.57. The molecule has 1 aliphatic rings. The third kappa shape index (κ3) is 4.39. The molecule has 7 nitrogen and oxygen atoms in total. The van der Waals surface area contributed by atoms with E-state index < -0.39 is 10.0 Å². The zero-order valence-electron chi connectivity index (χ0n) is 16.3. The fourth-order valence-corrected chi connectivity index (χ4v) is 5.04. The van der Waals surface area contributed by atoms with E-state index in [4.69, 9.17) is 11.6 Å². The number of nitrogens with zero attached hydrogens (tertiary/aromatic N) is 4. The smallest absolute Gasteiger partial charge is 0.243 e. The van der Waals surface area contributed by atoms with E-state index in [1.54, 1.807) is 17.0 Å². The Labute approximate surface area is 170 Å². The number of carbonyl (C=O) groups is 1. The largest absolute Gasteiger partial charge is 0.340 e. The van der Waals surface area contributed by atoms with Crippen molar-refractivity contribution >= 4 is 27.5 Å². The number of piperazine rings is 1. The van der Waals surface area contributed by atoms with Crippen LogP contribution < -0.4 is 0 Å². The molecule has 9 heteroatoms. The number of amides is 1. The summed E-state index contributed by atoms with van der Waals surface area (Å²) in [6.07, 6.45) is 0.339. The molecule has 1 aromatic heterocycles. The number of aromatic nitrogens is 2. The lowest BCUT2D eigenvalue weighted by Gasteiger charge is -2.34. The van der Waals surface area contributed by atoms with Crippen molar-refractivity contribution in [2.45, 2.75) is 38.1 Å². The van der Waals surface area contributed by atoms with Gasteiger partial charge in [0.05, 0.1) is 16.6 Å². The Balaban J connectivity index is 1.59. The van der Waals surface area contributed by atoms with Crippen LogP contribution in [-0.4, -0.2) is 59.5 Å². The predicted octanol–water partition coefficient (Wildman–Crippen LogP) is 2.64. The maximum atomic E-state index is 12.7. The molecule has 0 spiro atoms. The number of sulfonamides is 1. The van der Waals surface area contributed by atoms with E-state index in [1.165, 1.54) is 16.4 Å². The zero-order valence-corrected chi connectivity index (χ0v) is 17.9. The van der Waals surface area contributed by atoms with Crippen molar-refractivity contribution in [3.8, 4) is 0 Å². The SMILES string of the molecule is Cc1cc(C)n([C@@H](C)CC(=O)N2CCN(S(=O)(=O)c3ccc(Cl)cc3)CC2)n1. The van der Waals surface area contributed by atoms with Crippen LogP contribution in [0.4, 0.5) is 0 Å². The van der Waals surface area contributed by atoms with Crippen molar-refractivity contribution in [3.05, 3.63) is 46.7 Å². The minimum atomic E-state index is -3.57. The maximum absolute atomic E-state index is 12.7. The van der Waals surface area contributed by atoms with Crippen molar-refractivity contribution in [3.63, 3.8) is 0 Å². The van der Waals surface area contributed by atoms with E-state index in [2.05, 4.69) is 5.10 Å². The van der Waals surface area contributed by atoms with Gasteiger partial charge in [-0.25, -0.2) is 8.42 Å². The number of hydrogen-bond donors (Lipinski definition) is 0. The van der Waals surface area contributed by atoms with Crippen molar-refractivity contribution < 1.29 is 13.2 Å². The van der Waals surface area contributed by atoms with Gasteiger partial charge in [-0.15, -0.1) is 0 Å². The molecule has 1 aromatic carbocycles. The highest BCUT2D eigenvalue weighted by atomic mass is 35.5. The van der Waals surface area contributed by atoms with Crippen LogP contribution in [0, 0.1) is 13.8 Å². The highest BCUT2D eigenvalue weighted by Gasteiger charge is 2.30. The normalized spacial score (nSPS) is 16.9. The van der Waals surface area contributed by atoms with Gasteiger partial charge in [0, 0.05) is 43.3 Å². The fourth-order valence-electron chi connectivity index (χ4n) is 3.49. The van der Waals surface area contributed by atoms with Crippen LogP contribution in [0.25, 0.3) is 0 Å². The van der Waals surface area contributed by atoms with E-state index >= 15 is 0 Å². The molecule has 152 valence electrons. The summed E-state index contributed by atoms with van der Waals surface area (Å²) < 4.78 is 28.8. The summed E-state index contributed by atoms with van der Waals surface area (Å²) in [5.74, 6) is 0.0172. The van der Waals surface area contributed by atoms with Crippen molar-refractivity contribution in [2.24, 2.45) is 0 Å². The van der Waals surface area contributed by atoms with Crippen LogP contribution in [0.5, 0.6) is 0 Å². The summed E-state index contributed by atoms with van der Waals surface area (Å²) in [4.78, 5) is 14.6. The number of aryl methyl sites for hydroxylation is 2. The lowest BCUT2D eigenvalue weighted by atomic mass is 10.2. The van der Waals surface area contributed by atoms with E-state index in [-0.39, 0.29) is 29.9 Å². The van der Waals surface area contributed by atoms with Gasteiger partial charge in [-0.2, -0.15) is 9.40 Å². The average molecular weight is 425 g/mol. The van der Waals surface area contributed by atoms with Gasteiger partial charge >= 0.3 is 0 Å². The van der Waals surface area contributed by atoms with Crippen molar-refractivity contribution in [1.82, 2.24) is 19.0 Å². The third-order valence-electron chi connectivity index (χ3n) is 4.97. The van der Waals surface area contributed by atoms with Crippen LogP contribution in [0.15, 0.2) is 35.2 Å². The molecule has 1 aliphatic heterocycles. The molecule has 0 saturated carbocycles. The Morgan fingerprint density at radius 3 is 2.29 bits per heavy atom. The van der Waals surface area contributed by atoms with Gasteiger partial charge in [0.1, 0.15) is 0 Å². The Bertz CT molecular complexity index is 948. The molecule has 0 bridgehead atoms. The third-order valence-corrected chi connectivity index (χ3v) is 7.14. The van der Waals surface area contributed by atoms with Crippen LogP contribution in [0.2, 0.25) is 5.02 Å². The number of halogens is 1. The fraction of sp³-hybridized carbons (Fsp3) is 0.474. The zero-order chi connectivity index (χ0) is 20.5. The van der Waals surface area contributed by atoms with Gasteiger partial charge in [-0.05, 0) is 51.1 Å². The van der Waals surface area contributed by atoms with E-state index in [9.17, 15) is 13.2 Å². The standard InChI is InChI=1S/C19H25ClN4O3S/c1-14-12-15(2)24(21-14)16(3)13-19(25)22-8-10-23(11-9-22)28(26,27)18-6-4-17(20)5-7-18/h4-7,12,16H,8-11,13H2,1-3H3/t16-/m0/s1. The topological polar surface area (TPSA) is 75.5 Å². The number of hydrogen-bond acceptors (Lipinski definition) is 4. The first-order valence-corrected chi connectivity index (χ1v) is 11.1. The van der Waals surface area contributed by atoms with Crippen LogP contribution in [-0.2, 0) is 14.8 Å². The van der Waals surface area contributed by atoms with E-state index in [0.29, 0.717) is 24.5 Å². The number of carbonyl (C=O) groups excluding carboxylic acids is 1. The van der Waals surface area contributed by atoms with Gasteiger partial charge < -0.3 is 4.90 Å². The Hall–Kier alpha value is -1.90. The van der Waals surface area contributed by atoms with Gasteiger partial charge in [-0.3, -0.25) is 9.48 Å². The molecular weight excluding hydrogens is 400 g/mol. The minimum Gasteiger partial charge on any atom is -0.340 e. The maximum Gasteiger partial charge on any atom is 0.243 e. The second-order valence-electron chi connectivity index (χ2n) is 7.16. The summed E-state index contributed by atoms with van der Waals surface area (Å²) in [6.45, 7) is 7.21. The van der Waals surface area contributed by atoms with Gasteiger partial charge in [0.15, 0.2) is 0 Å². The first-order chi connectivity index (χ1) is 13.2. The van der Waals surface area contributed by atoms with E-state index in [1.807, 2.05) is 31.5 Å². The second kappa shape index (κ2) is 8.23.